The van der Waals surface area contributed by atoms with Crippen molar-refractivity contribution in [2.24, 2.45) is 0 Å². The van der Waals surface area contributed by atoms with Gasteiger partial charge in [-0.3, -0.25) is 4.79 Å². The summed E-state index contributed by atoms with van der Waals surface area (Å²) >= 11 is 0. The topological polar surface area (TPSA) is 105 Å². The van der Waals surface area contributed by atoms with E-state index in [2.05, 4.69) is 25.1 Å². The molecular formula is C17H14F2N4O5. The zero-order valence-electron chi connectivity index (χ0n) is 14.5. The Morgan fingerprint density at radius 3 is 2.61 bits per heavy atom. The Balaban J connectivity index is 1.62. The van der Waals surface area contributed by atoms with Crippen molar-refractivity contribution >= 4 is 28.6 Å². The first-order chi connectivity index (χ1) is 13.5. The zero-order chi connectivity index (χ0) is 20.1. The number of amides is 1. The number of aromatic nitrogens is 3. The van der Waals surface area contributed by atoms with Crippen molar-refractivity contribution in [2.45, 2.75) is 6.61 Å². The predicted octanol–water partition coefficient (Wildman–Crippen LogP) is 1.89. The second-order valence-corrected chi connectivity index (χ2v) is 5.38. The van der Waals surface area contributed by atoms with Gasteiger partial charge in [-0.25, -0.2) is 4.79 Å². The summed E-state index contributed by atoms with van der Waals surface area (Å²) in [6.45, 7) is -3.33. The van der Waals surface area contributed by atoms with E-state index in [0.29, 0.717) is 16.7 Å². The highest BCUT2D eigenvalue weighted by atomic mass is 19.3. The quantitative estimate of drug-likeness (QED) is 0.612. The van der Waals surface area contributed by atoms with Crippen LogP contribution in [0.4, 0.5) is 14.5 Å². The van der Waals surface area contributed by atoms with Gasteiger partial charge in [-0.15, -0.1) is 5.10 Å². The van der Waals surface area contributed by atoms with Gasteiger partial charge in [0.2, 0.25) is 0 Å². The molecule has 0 radical (unpaired) electrons. The van der Waals surface area contributed by atoms with Gasteiger partial charge in [0.05, 0.1) is 12.7 Å². The summed E-state index contributed by atoms with van der Waals surface area (Å²) in [5, 5.41) is 10.2. The second-order valence-electron chi connectivity index (χ2n) is 5.38. The maximum Gasteiger partial charge on any atom is 0.387 e. The molecule has 0 aliphatic carbocycles. The number of hydrogen-bond acceptors (Lipinski definition) is 7. The van der Waals surface area contributed by atoms with Gasteiger partial charge in [0, 0.05) is 5.69 Å². The molecule has 0 fully saturated rings. The van der Waals surface area contributed by atoms with Crippen LogP contribution in [0, 0.1) is 0 Å². The number of rotatable bonds is 7. The van der Waals surface area contributed by atoms with Gasteiger partial charge in [-0.2, -0.15) is 8.78 Å². The summed E-state index contributed by atoms with van der Waals surface area (Å²) in [6.07, 6.45) is 0. The Morgan fingerprint density at radius 2 is 1.93 bits per heavy atom. The first-order valence-electron chi connectivity index (χ1n) is 7.88. The van der Waals surface area contributed by atoms with Gasteiger partial charge in [0.25, 0.3) is 5.91 Å². The number of ether oxygens (including phenoxy) is 2. The van der Waals surface area contributed by atoms with Gasteiger partial charge < -0.3 is 19.6 Å². The van der Waals surface area contributed by atoms with Gasteiger partial charge in [0.15, 0.2) is 6.61 Å². The van der Waals surface area contributed by atoms with E-state index in [1.165, 1.54) is 43.5 Å². The van der Waals surface area contributed by atoms with Crippen molar-refractivity contribution < 1.29 is 32.7 Å². The molecule has 0 bridgehead atoms. The fraction of sp³-hybridized carbons (Fsp3) is 0.176. The van der Waals surface area contributed by atoms with E-state index in [9.17, 15) is 18.4 Å². The van der Waals surface area contributed by atoms with Crippen LogP contribution >= 0.6 is 0 Å². The Morgan fingerprint density at radius 1 is 1.18 bits per heavy atom. The van der Waals surface area contributed by atoms with Crippen LogP contribution in [0.3, 0.4) is 0 Å². The van der Waals surface area contributed by atoms with E-state index in [-0.39, 0.29) is 11.3 Å². The van der Waals surface area contributed by atoms with Gasteiger partial charge >= 0.3 is 12.6 Å². The predicted molar refractivity (Wildman–Crippen MR) is 92.0 cm³/mol. The molecule has 3 aromatic rings. The molecular weight excluding hydrogens is 378 g/mol. The Kier molecular flexibility index (Phi) is 5.63. The van der Waals surface area contributed by atoms with Crippen LogP contribution < -0.4 is 14.9 Å². The molecule has 146 valence electrons. The summed E-state index contributed by atoms with van der Waals surface area (Å²) in [5.74, 6) is -1.08. The molecule has 0 atom stereocenters. The number of benzene rings is 2. The third-order valence-corrected chi connectivity index (χ3v) is 3.52. The molecule has 0 aliphatic heterocycles. The normalized spacial score (nSPS) is 10.7. The lowest BCUT2D eigenvalue weighted by molar-refractivity contribution is -0.121. The molecule has 28 heavy (non-hydrogen) atoms. The Hall–Kier alpha value is -3.76. The van der Waals surface area contributed by atoms with E-state index in [1.54, 1.807) is 6.07 Å². The number of methoxy groups -OCH3 is 1. The van der Waals surface area contributed by atoms with Crippen LogP contribution in [-0.4, -0.2) is 47.4 Å². The number of carbonyl (C=O) groups excluding carboxylic acids is 2. The molecule has 0 saturated carbocycles. The van der Waals surface area contributed by atoms with Gasteiger partial charge in [-0.1, -0.05) is 4.85 Å². The lowest BCUT2D eigenvalue weighted by Gasteiger charge is -2.08. The van der Waals surface area contributed by atoms with E-state index >= 15 is 0 Å². The van der Waals surface area contributed by atoms with E-state index in [1.807, 2.05) is 0 Å². The minimum absolute atomic E-state index is 0.0280. The zero-order valence-corrected chi connectivity index (χ0v) is 14.5. The summed E-state index contributed by atoms with van der Waals surface area (Å²) in [4.78, 5) is 29.9. The molecule has 9 nitrogen and oxygen atoms in total. The summed E-state index contributed by atoms with van der Waals surface area (Å²) < 4.78 is 33.1. The molecule has 1 N–H and O–H groups in total. The number of carbonyl (C=O) groups is 2. The van der Waals surface area contributed by atoms with Crippen LogP contribution in [-0.2, 0) is 9.53 Å². The molecule has 2 aromatic carbocycles. The fourth-order valence-corrected chi connectivity index (χ4v) is 2.27. The molecule has 1 amide bonds. The highest BCUT2D eigenvalue weighted by Crippen LogP contribution is 2.17. The monoisotopic (exact) mass is 392 g/mol. The number of anilines is 1. The molecule has 0 aliphatic rings. The first-order valence-corrected chi connectivity index (χ1v) is 7.88. The van der Waals surface area contributed by atoms with Crippen molar-refractivity contribution in [3.63, 3.8) is 0 Å². The Labute approximate surface area is 156 Å². The van der Waals surface area contributed by atoms with E-state index < -0.39 is 25.1 Å². The van der Waals surface area contributed by atoms with Gasteiger partial charge in [0.1, 0.15) is 16.8 Å². The number of alkyl halides is 2. The summed E-state index contributed by atoms with van der Waals surface area (Å²) in [6, 6.07) is 9.97. The standard InChI is InChI=1S/C17H14F2N4O5/c1-26-16(25)10-2-7-13-14(8-10)23(22-21-13)27-9-15(24)20-11-3-5-12(6-4-11)28-17(18)19/h2-8,17H,9H2,1H3,(H,20,24). The summed E-state index contributed by atoms with van der Waals surface area (Å²) in [7, 11) is 1.26. The van der Waals surface area contributed by atoms with Gasteiger partial charge in [-0.05, 0) is 47.7 Å². The largest absolute Gasteiger partial charge is 0.465 e. The average molecular weight is 392 g/mol. The van der Waals surface area contributed by atoms with Crippen molar-refractivity contribution in [1.29, 1.82) is 0 Å². The minimum atomic E-state index is -2.92. The van der Waals surface area contributed by atoms with Crippen molar-refractivity contribution in [2.75, 3.05) is 19.0 Å². The smallest absolute Gasteiger partial charge is 0.387 e. The minimum Gasteiger partial charge on any atom is -0.465 e. The average Bonchev–Trinajstić information content (AvgIpc) is 3.09. The van der Waals surface area contributed by atoms with Crippen LogP contribution in [0.2, 0.25) is 0 Å². The van der Waals surface area contributed by atoms with Crippen LogP contribution in [0.5, 0.6) is 5.75 Å². The molecule has 0 saturated heterocycles. The molecule has 0 spiro atoms. The molecule has 11 heteroatoms. The van der Waals surface area contributed by atoms with Crippen molar-refractivity contribution in [3.8, 4) is 5.75 Å². The second kappa shape index (κ2) is 8.29. The SMILES string of the molecule is COC(=O)c1ccc2nnn(OCC(=O)Nc3ccc(OC(F)F)cc3)c2c1. The molecule has 1 heterocycles. The third kappa shape index (κ3) is 4.50. The lowest BCUT2D eigenvalue weighted by Crippen LogP contribution is -2.26. The van der Waals surface area contributed by atoms with Crippen LogP contribution in [0.1, 0.15) is 10.4 Å². The number of fused-ring (bicyclic) bond motifs is 1. The Bertz CT molecular complexity index is 991. The number of nitrogens with one attached hydrogen (secondary N) is 1. The van der Waals surface area contributed by atoms with Crippen molar-refractivity contribution in [3.05, 3.63) is 48.0 Å². The molecule has 3 rings (SSSR count). The molecule has 1 aromatic heterocycles. The number of hydrogen-bond donors (Lipinski definition) is 1. The maximum atomic E-state index is 12.1. The van der Waals surface area contributed by atoms with E-state index in [0.717, 1.165) is 4.85 Å². The highest BCUT2D eigenvalue weighted by Gasteiger charge is 2.13. The highest BCUT2D eigenvalue weighted by molar-refractivity contribution is 5.93. The maximum absolute atomic E-state index is 12.1. The number of halogens is 2. The molecule has 0 unspecified atom stereocenters. The fourth-order valence-electron chi connectivity index (χ4n) is 2.27. The van der Waals surface area contributed by atoms with Crippen LogP contribution in [0.25, 0.3) is 11.0 Å². The number of nitrogens with zero attached hydrogens (tertiary/aromatic N) is 3. The van der Waals surface area contributed by atoms with Crippen molar-refractivity contribution in [1.82, 2.24) is 15.2 Å². The summed E-state index contributed by atoms with van der Waals surface area (Å²) in [5.41, 5.74) is 1.48. The first kappa shape index (κ1) is 19.0. The third-order valence-electron chi connectivity index (χ3n) is 3.52. The number of esters is 1. The van der Waals surface area contributed by atoms with E-state index in [4.69, 9.17) is 4.84 Å². The lowest BCUT2D eigenvalue weighted by atomic mass is 10.2. The van der Waals surface area contributed by atoms with Crippen LogP contribution in [0.15, 0.2) is 42.5 Å².